The molecule has 27 heavy (non-hydrogen) atoms. The fraction of sp³-hybridized carbons (Fsp3) is 0.300. The highest BCUT2D eigenvalue weighted by Crippen LogP contribution is 2.32. The number of hydrogen-bond donors (Lipinski definition) is 1. The number of aromatic amines is 1. The molecule has 1 aliphatic rings. The molecule has 0 unspecified atom stereocenters. The molecule has 0 aliphatic carbocycles. The molecule has 0 saturated carbocycles. The van der Waals surface area contributed by atoms with E-state index in [0.717, 1.165) is 5.56 Å². The number of nitriles is 3. The van der Waals surface area contributed by atoms with Crippen molar-refractivity contribution < 1.29 is 9.72 Å². The fourth-order valence-corrected chi connectivity index (χ4v) is 3.32. The molecule has 0 radical (unpaired) electrons. The van der Waals surface area contributed by atoms with Crippen LogP contribution in [0.1, 0.15) is 28.2 Å². The van der Waals surface area contributed by atoms with Crippen molar-refractivity contribution in [1.29, 1.82) is 15.8 Å². The third-order valence-electron chi connectivity index (χ3n) is 4.64. The molecular weight excluding hydrogens is 340 g/mol. The summed E-state index contributed by atoms with van der Waals surface area (Å²) in [4.78, 5) is 4.97. The van der Waals surface area contributed by atoms with Crippen molar-refractivity contribution in [2.45, 2.75) is 12.3 Å². The van der Waals surface area contributed by atoms with Crippen LogP contribution in [0.2, 0.25) is 0 Å². The predicted octanol–water partition coefficient (Wildman–Crippen LogP) is 1.51. The van der Waals surface area contributed by atoms with Gasteiger partial charge in [-0.2, -0.15) is 15.8 Å². The average molecular weight is 359 g/mol. The van der Waals surface area contributed by atoms with Crippen LogP contribution in [-0.2, 0) is 11.2 Å². The van der Waals surface area contributed by atoms with Crippen LogP contribution in [0.5, 0.6) is 0 Å². The van der Waals surface area contributed by atoms with Crippen LogP contribution < -0.4 is 15.6 Å². The normalized spacial score (nSPS) is 14.6. The number of morpholine rings is 1. The van der Waals surface area contributed by atoms with E-state index in [9.17, 15) is 15.8 Å². The second-order valence-electron chi connectivity index (χ2n) is 6.25. The molecule has 0 amide bonds. The molecule has 7 heteroatoms. The lowest BCUT2D eigenvalue weighted by molar-refractivity contribution is -0.347. The number of benzene rings is 1. The molecule has 1 aromatic carbocycles. The van der Waals surface area contributed by atoms with Crippen molar-refractivity contribution in [3.63, 3.8) is 0 Å². The standard InChI is InChI=1S/C20H18N6O/c21-11-15(10-14-4-2-1-3-5-14)18-16(12-22)19(24)25-20(17(18)13-23)26-6-8-27-9-7-26/h1-5,15H,6-10H2,(H2,24,25)/p+1/t15-/m0/s1. The molecule has 1 aliphatic heterocycles. The first-order chi connectivity index (χ1) is 13.2. The van der Waals surface area contributed by atoms with E-state index in [1.807, 2.05) is 35.2 Å². The summed E-state index contributed by atoms with van der Waals surface area (Å²) in [6.45, 7) is 2.29. The zero-order chi connectivity index (χ0) is 19.2. The zero-order valence-electron chi connectivity index (χ0n) is 14.8. The van der Waals surface area contributed by atoms with Gasteiger partial charge in [0.1, 0.15) is 23.3 Å². The van der Waals surface area contributed by atoms with Gasteiger partial charge in [-0.3, -0.25) is 4.90 Å². The molecule has 3 N–H and O–H groups in total. The molecule has 0 spiro atoms. The maximum Gasteiger partial charge on any atom is 0.240 e. The summed E-state index contributed by atoms with van der Waals surface area (Å²) in [6.07, 6.45) is 0.396. The second-order valence-corrected chi connectivity index (χ2v) is 6.25. The van der Waals surface area contributed by atoms with Gasteiger partial charge < -0.3 is 10.5 Å². The Morgan fingerprint density at radius 1 is 1.07 bits per heavy atom. The Hall–Kier alpha value is -3.60. The van der Waals surface area contributed by atoms with Gasteiger partial charge in [0, 0.05) is 5.56 Å². The minimum atomic E-state index is -0.659. The Balaban J connectivity index is 2.14. The van der Waals surface area contributed by atoms with Gasteiger partial charge >= 0.3 is 0 Å². The van der Waals surface area contributed by atoms with Gasteiger partial charge in [-0.05, 0) is 12.0 Å². The Morgan fingerprint density at radius 3 is 2.33 bits per heavy atom. The number of aromatic nitrogens is 1. The van der Waals surface area contributed by atoms with Crippen molar-refractivity contribution in [3.05, 3.63) is 52.6 Å². The molecule has 2 heterocycles. The van der Waals surface area contributed by atoms with Crippen molar-refractivity contribution in [2.24, 2.45) is 0 Å². The zero-order valence-corrected chi connectivity index (χ0v) is 14.8. The molecule has 134 valence electrons. The molecule has 3 rings (SSSR count). The van der Waals surface area contributed by atoms with E-state index in [4.69, 9.17) is 10.5 Å². The first-order valence-electron chi connectivity index (χ1n) is 8.64. The van der Waals surface area contributed by atoms with Gasteiger partial charge in [0.25, 0.3) is 0 Å². The first kappa shape index (κ1) is 18.2. The molecule has 1 saturated heterocycles. The Kier molecular flexibility index (Phi) is 5.52. The number of rotatable bonds is 4. The Labute approximate surface area is 157 Å². The van der Waals surface area contributed by atoms with Crippen molar-refractivity contribution in [1.82, 2.24) is 0 Å². The lowest BCUT2D eigenvalue weighted by Crippen LogP contribution is -2.41. The summed E-state index contributed by atoms with van der Waals surface area (Å²) in [5.41, 5.74) is 7.90. The average Bonchev–Trinajstić information content (AvgIpc) is 2.72. The number of H-pyrrole nitrogens is 1. The molecule has 7 nitrogen and oxygen atoms in total. The molecule has 1 atom stereocenters. The summed E-state index contributed by atoms with van der Waals surface area (Å²) in [5, 5.41) is 29.3. The van der Waals surface area contributed by atoms with Gasteiger partial charge in [0.15, 0.2) is 0 Å². The largest absolute Gasteiger partial charge is 0.375 e. The maximum atomic E-state index is 9.86. The minimum absolute atomic E-state index is 0.158. The van der Waals surface area contributed by atoms with E-state index in [-0.39, 0.29) is 11.4 Å². The smallest absolute Gasteiger partial charge is 0.240 e. The van der Waals surface area contributed by atoms with Crippen LogP contribution in [0.15, 0.2) is 30.3 Å². The highest BCUT2D eigenvalue weighted by atomic mass is 16.5. The summed E-state index contributed by atoms with van der Waals surface area (Å²) in [7, 11) is 0. The number of pyridine rings is 1. The summed E-state index contributed by atoms with van der Waals surface area (Å²) >= 11 is 0. The summed E-state index contributed by atoms with van der Waals surface area (Å²) in [6, 6.07) is 16.1. The van der Waals surface area contributed by atoms with Crippen LogP contribution in [-0.4, -0.2) is 26.3 Å². The first-order valence-corrected chi connectivity index (χ1v) is 8.64. The highest BCUT2D eigenvalue weighted by molar-refractivity contribution is 5.66. The van der Waals surface area contributed by atoms with Gasteiger partial charge in [0.2, 0.25) is 11.6 Å². The predicted molar refractivity (Wildman–Crippen MR) is 98.4 cm³/mol. The number of nitrogens with two attached hydrogens (primary N) is 1. The minimum Gasteiger partial charge on any atom is -0.375 e. The molecule has 0 bridgehead atoms. The van der Waals surface area contributed by atoms with Crippen LogP contribution in [0, 0.1) is 34.0 Å². The van der Waals surface area contributed by atoms with E-state index < -0.39 is 5.92 Å². The Bertz CT molecular complexity index is 946. The summed E-state index contributed by atoms with van der Waals surface area (Å²) < 4.78 is 5.37. The van der Waals surface area contributed by atoms with Gasteiger partial charge in [-0.15, -0.1) is 0 Å². The van der Waals surface area contributed by atoms with Crippen molar-refractivity contribution in [2.75, 3.05) is 36.9 Å². The lowest BCUT2D eigenvalue weighted by Gasteiger charge is -2.26. The van der Waals surface area contributed by atoms with Crippen LogP contribution >= 0.6 is 0 Å². The number of ether oxygens (including phenoxy) is 1. The van der Waals surface area contributed by atoms with E-state index in [1.54, 1.807) is 0 Å². The quantitative estimate of drug-likeness (QED) is 0.882. The third kappa shape index (κ3) is 3.67. The molecule has 1 fully saturated rings. The number of nitrogen functional groups attached to an aromatic ring is 1. The third-order valence-corrected chi connectivity index (χ3v) is 4.64. The molecule has 1 aromatic heterocycles. The van der Waals surface area contributed by atoms with E-state index in [0.29, 0.717) is 49.7 Å². The van der Waals surface area contributed by atoms with Gasteiger partial charge in [-0.1, -0.05) is 30.3 Å². The molecule has 2 aromatic rings. The van der Waals surface area contributed by atoms with Crippen LogP contribution in [0.4, 0.5) is 11.6 Å². The number of nitrogens with one attached hydrogen (secondary N) is 1. The number of anilines is 2. The van der Waals surface area contributed by atoms with Crippen LogP contribution in [0.3, 0.4) is 0 Å². The van der Waals surface area contributed by atoms with Crippen molar-refractivity contribution >= 4 is 11.6 Å². The van der Waals surface area contributed by atoms with E-state index in [1.165, 1.54) is 0 Å². The SMILES string of the molecule is N#Cc1c(N)[nH+]c(N2CCOCC2)c(C#N)c1[C@H](C#N)Cc1ccccc1. The summed E-state index contributed by atoms with van der Waals surface area (Å²) in [5.74, 6) is 0.0512. The van der Waals surface area contributed by atoms with E-state index in [2.05, 4.69) is 23.2 Å². The fourth-order valence-electron chi connectivity index (χ4n) is 3.32. The van der Waals surface area contributed by atoms with Crippen LogP contribution in [0.25, 0.3) is 0 Å². The number of nitrogens with zero attached hydrogens (tertiary/aromatic N) is 4. The van der Waals surface area contributed by atoms with E-state index >= 15 is 0 Å². The molecular formula is C20H19N6O+. The lowest BCUT2D eigenvalue weighted by atomic mass is 9.87. The topological polar surface area (TPSA) is 124 Å². The van der Waals surface area contributed by atoms with Gasteiger partial charge in [-0.25, -0.2) is 4.98 Å². The Morgan fingerprint density at radius 2 is 1.74 bits per heavy atom. The second kappa shape index (κ2) is 8.19. The maximum absolute atomic E-state index is 9.86. The van der Waals surface area contributed by atoms with Crippen molar-refractivity contribution in [3.8, 4) is 18.2 Å². The van der Waals surface area contributed by atoms with Gasteiger partial charge in [0.05, 0.1) is 38.3 Å². The monoisotopic (exact) mass is 359 g/mol. The number of hydrogen-bond acceptors (Lipinski definition) is 6. The highest BCUT2D eigenvalue weighted by Gasteiger charge is 2.31.